The van der Waals surface area contributed by atoms with Crippen LogP contribution in [0, 0.1) is 6.92 Å². The van der Waals surface area contributed by atoms with Crippen molar-refractivity contribution < 1.29 is 23.8 Å². The van der Waals surface area contributed by atoms with Gasteiger partial charge < -0.3 is 19.5 Å². The summed E-state index contributed by atoms with van der Waals surface area (Å²) in [6.07, 6.45) is 3.56. The number of ether oxygens (including phenoxy) is 3. The second-order valence-corrected chi connectivity index (χ2v) is 7.72. The number of para-hydroxylation sites is 1. The smallest absolute Gasteiger partial charge is 0.337 e. The highest BCUT2D eigenvalue weighted by molar-refractivity contribution is 6.05. The van der Waals surface area contributed by atoms with Crippen molar-refractivity contribution in [1.29, 1.82) is 0 Å². The van der Waals surface area contributed by atoms with Gasteiger partial charge in [-0.15, -0.1) is 0 Å². The Labute approximate surface area is 181 Å². The molecule has 2 aliphatic heterocycles. The number of methoxy groups -OCH3 is 2. The summed E-state index contributed by atoms with van der Waals surface area (Å²) >= 11 is 0. The Morgan fingerprint density at radius 2 is 1.71 bits per heavy atom. The zero-order chi connectivity index (χ0) is 22.0. The van der Waals surface area contributed by atoms with Crippen molar-refractivity contribution in [1.82, 2.24) is 0 Å². The second-order valence-electron chi connectivity index (χ2n) is 7.72. The summed E-state index contributed by atoms with van der Waals surface area (Å²) in [4.78, 5) is 25.4. The molecule has 6 heteroatoms. The molecule has 1 N–H and O–H groups in total. The Balaban J connectivity index is 1.81. The molecular weight excluding hydrogens is 394 g/mol. The SMILES string of the molecule is COC(=O)C1=C(C(=O)OC)[C@@]2(C(Cc3ccc(C)cc3)Nc3ccccc3)C=C[C@@H]1O2. The summed E-state index contributed by atoms with van der Waals surface area (Å²) < 4.78 is 16.3. The number of nitrogens with one attached hydrogen (secondary N) is 1. The molecule has 0 aliphatic carbocycles. The van der Waals surface area contributed by atoms with E-state index in [9.17, 15) is 9.59 Å². The number of hydrogen-bond donors (Lipinski definition) is 1. The topological polar surface area (TPSA) is 73.9 Å². The zero-order valence-electron chi connectivity index (χ0n) is 17.8. The Hall–Kier alpha value is -3.38. The number of benzene rings is 2. The first-order valence-corrected chi connectivity index (χ1v) is 10.1. The van der Waals surface area contributed by atoms with Crippen LogP contribution in [0.5, 0.6) is 0 Å². The summed E-state index contributed by atoms with van der Waals surface area (Å²) in [7, 11) is 2.59. The molecule has 2 heterocycles. The molecule has 0 fully saturated rings. The molecule has 3 atom stereocenters. The summed E-state index contributed by atoms with van der Waals surface area (Å²) in [6, 6.07) is 17.5. The van der Waals surface area contributed by atoms with E-state index in [4.69, 9.17) is 14.2 Å². The van der Waals surface area contributed by atoms with Crippen LogP contribution >= 0.6 is 0 Å². The first kappa shape index (κ1) is 20.9. The lowest BCUT2D eigenvalue weighted by atomic mass is 9.79. The van der Waals surface area contributed by atoms with Crippen LogP contribution in [0.15, 0.2) is 77.9 Å². The van der Waals surface area contributed by atoms with Crippen LogP contribution in [-0.4, -0.2) is 43.9 Å². The fraction of sp³-hybridized carbons (Fsp3) is 0.280. The van der Waals surface area contributed by atoms with Gasteiger partial charge in [-0.3, -0.25) is 0 Å². The van der Waals surface area contributed by atoms with Crippen LogP contribution in [0.25, 0.3) is 0 Å². The van der Waals surface area contributed by atoms with E-state index in [0.29, 0.717) is 6.42 Å². The van der Waals surface area contributed by atoms with Gasteiger partial charge in [-0.1, -0.05) is 54.1 Å². The van der Waals surface area contributed by atoms with Crippen LogP contribution in [0.2, 0.25) is 0 Å². The molecule has 2 aromatic rings. The van der Waals surface area contributed by atoms with Crippen LogP contribution in [0.4, 0.5) is 5.69 Å². The molecule has 0 amide bonds. The molecule has 0 saturated heterocycles. The summed E-state index contributed by atoms with van der Waals surface area (Å²) in [5, 5.41) is 3.52. The van der Waals surface area contributed by atoms with E-state index >= 15 is 0 Å². The van der Waals surface area contributed by atoms with Crippen molar-refractivity contribution in [2.45, 2.75) is 31.1 Å². The van der Waals surface area contributed by atoms with Gasteiger partial charge in [-0.05, 0) is 37.1 Å². The molecule has 160 valence electrons. The number of carbonyl (C=O) groups excluding carboxylic acids is 2. The summed E-state index contributed by atoms with van der Waals surface area (Å²) in [5.74, 6) is -1.19. The molecule has 2 aromatic carbocycles. The fourth-order valence-electron chi connectivity index (χ4n) is 4.25. The van der Waals surface area contributed by atoms with Gasteiger partial charge in [-0.25, -0.2) is 9.59 Å². The van der Waals surface area contributed by atoms with Crippen molar-refractivity contribution in [3.8, 4) is 0 Å². The van der Waals surface area contributed by atoms with E-state index in [0.717, 1.165) is 16.8 Å². The highest BCUT2D eigenvalue weighted by atomic mass is 16.6. The van der Waals surface area contributed by atoms with Gasteiger partial charge in [0, 0.05) is 5.69 Å². The van der Waals surface area contributed by atoms with Crippen LogP contribution in [-0.2, 0) is 30.2 Å². The molecule has 0 aromatic heterocycles. The third-order valence-electron chi connectivity index (χ3n) is 5.77. The average molecular weight is 419 g/mol. The first-order chi connectivity index (χ1) is 15.0. The fourth-order valence-corrected chi connectivity index (χ4v) is 4.25. The van der Waals surface area contributed by atoms with Gasteiger partial charge in [0.25, 0.3) is 0 Å². The van der Waals surface area contributed by atoms with Gasteiger partial charge in [0.1, 0.15) is 11.7 Å². The van der Waals surface area contributed by atoms with Crippen molar-refractivity contribution in [3.05, 3.63) is 89.0 Å². The van der Waals surface area contributed by atoms with Gasteiger partial charge in [-0.2, -0.15) is 0 Å². The molecule has 0 spiro atoms. The zero-order valence-corrected chi connectivity index (χ0v) is 17.8. The highest BCUT2D eigenvalue weighted by Crippen LogP contribution is 2.47. The van der Waals surface area contributed by atoms with E-state index in [1.807, 2.05) is 55.5 Å². The number of rotatable bonds is 7. The Morgan fingerprint density at radius 3 is 2.35 bits per heavy atom. The minimum atomic E-state index is -1.16. The summed E-state index contributed by atoms with van der Waals surface area (Å²) in [5.41, 5.74) is 2.34. The second kappa shape index (κ2) is 8.40. The number of anilines is 1. The molecular formula is C25H25NO5. The quantitative estimate of drug-likeness (QED) is 0.548. The van der Waals surface area contributed by atoms with Gasteiger partial charge in [0.05, 0.1) is 31.4 Å². The van der Waals surface area contributed by atoms with Crippen molar-refractivity contribution in [2.24, 2.45) is 0 Å². The van der Waals surface area contributed by atoms with Crippen LogP contribution in [0.3, 0.4) is 0 Å². The van der Waals surface area contributed by atoms with E-state index in [1.165, 1.54) is 14.2 Å². The van der Waals surface area contributed by atoms with Gasteiger partial charge in [0.15, 0.2) is 0 Å². The normalized spacial score (nSPS) is 22.4. The Morgan fingerprint density at radius 1 is 1.03 bits per heavy atom. The number of hydrogen-bond acceptors (Lipinski definition) is 6. The van der Waals surface area contributed by atoms with E-state index in [2.05, 4.69) is 17.4 Å². The van der Waals surface area contributed by atoms with E-state index in [1.54, 1.807) is 6.08 Å². The van der Waals surface area contributed by atoms with Gasteiger partial charge in [0.2, 0.25) is 0 Å². The maximum atomic E-state index is 12.9. The molecule has 31 heavy (non-hydrogen) atoms. The Kier molecular flexibility index (Phi) is 5.65. The maximum absolute atomic E-state index is 12.9. The lowest BCUT2D eigenvalue weighted by molar-refractivity contribution is -0.139. The van der Waals surface area contributed by atoms with Crippen molar-refractivity contribution in [2.75, 3.05) is 19.5 Å². The highest BCUT2D eigenvalue weighted by Gasteiger charge is 2.58. The van der Waals surface area contributed by atoms with Crippen LogP contribution < -0.4 is 5.32 Å². The standard InChI is InChI=1S/C25H25NO5/c1-16-9-11-17(12-10-16)15-20(26-18-7-5-4-6-8-18)25-14-13-19(31-25)21(23(27)29-2)22(25)24(28)30-3/h4-14,19-20,26H,15H2,1-3H3/t19-,20?,25-/m0/s1. The summed E-state index contributed by atoms with van der Waals surface area (Å²) in [6.45, 7) is 2.04. The average Bonchev–Trinajstić information content (AvgIpc) is 3.38. The molecule has 4 rings (SSSR count). The minimum absolute atomic E-state index is 0.190. The third kappa shape index (κ3) is 3.75. The Bertz CT molecular complexity index is 1040. The minimum Gasteiger partial charge on any atom is -0.466 e. The number of carbonyl (C=O) groups is 2. The lowest BCUT2D eigenvalue weighted by Crippen LogP contribution is -2.49. The van der Waals surface area contributed by atoms with Crippen molar-refractivity contribution >= 4 is 17.6 Å². The van der Waals surface area contributed by atoms with Crippen molar-refractivity contribution in [3.63, 3.8) is 0 Å². The predicted molar refractivity (Wildman–Crippen MR) is 117 cm³/mol. The first-order valence-electron chi connectivity index (χ1n) is 10.1. The number of fused-ring (bicyclic) bond motifs is 2. The largest absolute Gasteiger partial charge is 0.466 e. The molecule has 1 unspecified atom stereocenters. The van der Waals surface area contributed by atoms with E-state index in [-0.39, 0.29) is 17.2 Å². The molecule has 2 bridgehead atoms. The molecule has 2 aliphatic rings. The van der Waals surface area contributed by atoms with E-state index < -0.39 is 23.6 Å². The third-order valence-corrected chi connectivity index (χ3v) is 5.77. The molecule has 6 nitrogen and oxygen atoms in total. The predicted octanol–water partition coefficient (Wildman–Crippen LogP) is 3.37. The monoisotopic (exact) mass is 419 g/mol. The molecule has 0 radical (unpaired) electrons. The van der Waals surface area contributed by atoms with Crippen LogP contribution in [0.1, 0.15) is 11.1 Å². The van der Waals surface area contributed by atoms with Gasteiger partial charge >= 0.3 is 11.9 Å². The molecule has 0 saturated carbocycles. The maximum Gasteiger partial charge on any atom is 0.337 e. The number of esters is 2. The number of aryl methyl sites for hydroxylation is 1. The lowest BCUT2D eigenvalue weighted by Gasteiger charge is -2.36.